The number of terminal acetylenes is 1. The maximum absolute atomic E-state index is 15.6. The van der Waals surface area contributed by atoms with Gasteiger partial charge < -0.3 is 25.3 Å². The van der Waals surface area contributed by atoms with Crippen LogP contribution in [0.4, 0.5) is 13.6 Å². The molecule has 0 saturated heterocycles. The van der Waals surface area contributed by atoms with Crippen molar-refractivity contribution >= 4 is 48.8 Å². The van der Waals surface area contributed by atoms with Crippen molar-refractivity contribution in [1.29, 1.82) is 0 Å². The van der Waals surface area contributed by atoms with Crippen molar-refractivity contribution < 1.29 is 32.6 Å². The Morgan fingerprint density at radius 3 is 2.68 bits per heavy atom. The molecule has 44 heavy (non-hydrogen) atoms. The van der Waals surface area contributed by atoms with E-state index < -0.39 is 48.3 Å². The van der Waals surface area contributed by atoms with Gasteiger partial charge >= 0.3 is 6.09 Å². The number of hydrogen-bond acceptors (Lipinski definition) is 9. The number of rotatable bonds is 12. The highest BCUT2D eigenvalue weighted by Gasteiger charge is 2.71. The summed E-state index contributed by atoms with van der Waals surface area (Å²) in [6, 6.07) is 4.88. The van der Waals surface area contributed by atoms with Crippen LogP contribution in [0.15, 0.2) is 35.6 Å². The monoisotopic (exact) mass is 643 g/mol. The predicted molar refractivity (Wildman–Crippen MR) is 168 cm³/mol. The van der Waals surface area contributed by atoms with Crippen LogP contribution in [0.5, 0.6) is 5.88 Å². The van der Waals surface area contributed by atoms with E-state index in [0.29, 0.717) is 12.0 Å². The summed E-state index contributed by atoms with van der Waals surface area (Å²) in [4.78, 5) is 37.9. The van der Waals surface area contributed by atoms with Crippen LogP contribution in [0.3, 0.4) is 0 Å². The van der Waals surface area contributed by atoms with E-state index >= 15 is 8.78 Å². The molecule has 4 rings (SSSR count). The van der Waals surface area contributed by atoms with E-state index in [1.807, 2.05) is 0 Å². The maximum Gasteiger partial charge on any atom is 0.407 e. The van der Waals surface area contributed by atoms with Crippen molar-refractivity contribution in [2.75, 3.05) is 20.3 Å². The average molecular weight is 644 g/mol. The van der Waals surface area contributed by atoms with Gasteiger partial charge in [-0.3, -0.25) is 9.79 Å². The fourth-order valence-electron chi connectivity index (χ4n) is 4.99. The van der Waals surface area contributed by atoms with Gasteiger partial charge in [-0.2, -0.15) is 0 Å². The largest absolute Gasteiger partial charge is 0.463 e. The Labute approximate surface area is 260 Å². The summed E-state index contributed by atoms with van der Waals surface area (Å²) in [6.07, 6.45) is 6.81. The molecule has 0 bridgehead atoms. The molecule has 1 aliphatic carbocycles. The third-order valence-electron chi connectivity index (χ3n) is 7.38. The molecular weight excluding hydrogens is 609 g/mol. The Morgan fingerprint density at radius 2 is 2.07 bits per heavy atom. The minimum Gasteiger partial charge on any atom is -0.463 e. The Bertz CT molecular complexity index is 1530. The number of nitrogens with two attached hydrogens (primary N) is 1. The van der Waals surface area contributed by atoms with Crippen molar-refractivity contribution in [3.63, 3.8) is 0 Å². The number of carbonyl (C=O) groups excluding carboxylic acids is 2. The Balaban J connectivity index is 1.72. The van der Waals surface area contributed by atoms with Crippen molar-refractivity contribution in [3.05, 3.63) is 53.2 Å². The summed E-state index contributed by atoms with van der Waals surface area (Å²) >= 11 is 1.13. The van der Waals surface area contributed by atoms with Gasteiger partial charge in [0.25, 0.3) is 6.29 Å². The third-order valence-corrected chi connectivity index (χ3v) is 10.6. The lowest BCUT2D eigenvalue weighted by molar-refractivity contribution is -0.121. The molecule has 1 aromatic carbocycles. The zero-order valence-corrected chi connectivity index (χ0v) is 27.0. The van der Waals surface area contributed by atoms with Gasteiger partial charge in [-0.25, -0.2) is 23.5 Å². The van der Waals surface area contributed by atoms with Gasteiger partial charge in [0, 0.05) is 33.2 Å². The van der Waals surface area contributed by atoms with Crippen LogP contribution >= 0.6 is 11.8 Å². The molecule has 2 amide bonds. The molecule has 1 unspecified atom stereocenters. The lowest BCUT2D eigenvalue weighted by Gasteiger charge is -2.36. The van der Waals surface area contributed by atoms with Gasteiger partial charge in [-0.1, -0.05) is 43.4 Å². The number of fused-ring (bicyclic) bond motifs is 1. The molecule has 1 aliphatic heterocycles. The number of aliphatic imine (C=N–C) groups is 1. The number of nitrogens with one attached hydrogen (secondary N) is 1. The van der Waals surface area contributed by atoms with Crippen LogP contribution in [-0.2, 0) is 19.8 Å². The first-order valence-corrected chi connectivity index (χ1v) is 18.4. The number of nitrogens with zero attached hydrogens (tertiary/aromatic N) is 3. The quantitative estimate of drug-likeness (QED) is 0.192. The fraction of sp³-hybridized carbons (Fsp3) is 0.433. The second kappa shape index (κ2) is 13.1. The number of benzene rings is 1. The molecule has 2 aromatic rings. The zero-order chi connectivity index (χ0) is 32.3. The Morgan fingerprint density at radius 1 is 1.32 bits per heavy atom. The number of aromatic nitrogens is 2. The van der Waals surface area contributed by atoms with Crippen LogP contribution in [0, 0.1) is 24.1 Å². The van der Waals surface area contributed by atoms with Crippen molar-refractivity contribution in [2.24, 2.45) is 16.6 Å². The maximum atomic E-state index is 15.6. The summed E-state index contributed by atoms with van der Waals surface area (Å²) in [5.41, 5.74) is 4.47. The van der Waals surface area contributed by atoms with Crippen LogP contribution < -0.4 is 15.8 Å². The van der Waals surface area contributed by atoms with E-state index in [-0.39, 0.29) is 41.3 Å². The molecule has 1 fully saturated rings. The summed E-state index contributed by atoms with van der Waals surface area (Å²) in [5, 5.41) is 2.88. The van der Waals surface area contributed by atoms with Crippen molar-refractivity contribution in [2.45, 2.75) is 55.6 Å². The summed E-state index contributed by atoms with van der Waals surface area (Å²) in [5.74, 6) is 0.440. The van der Waals surface area contributed by atoms with Gasteiger partial charge in [0.1, 0.15) is 21.3 Å². The van der Waals surface area contributed by atoms with Crippen LogP contribution in [-0.4, -0.2) is 66.4 Å². The number of carbonyl (C=O) groups is 2. The van der Waals surface area contributed by atoms with E-state index in [2.05, 4.69) is 40.8 Å². The first-order chi connectivity index (χ1) is 20.7. The molecule has 3 N–H and O–H groups in total. The Kier molecular flexibility index (Phi) is 9.82. The first-order valence-electron chi connectivity index (χ1n) is 13.9. The summed E-state index contributed by atoms with van der Waals surface area (Å²) < 4.78 is 46.2. The Hall–Kier alpha value is -3.80. The van der Waals surface area contributed by atoms with Crippen LogP contribution in [0.1, 0.15) is 30.2 Å². The first kappa shape index (κ1) is 33.1. The van der Waals surface area contributed by atoms with Gasteiger partial charge in [-0.15, -0.1) is 6.42 Å². The SMILES string of the molecule is C#CCOc1cnc(/C(F)=C/c2ccc(F)c([C@@]3(C)N=C(C(OCC[Si](C)(C)C)OC(N)=O)S[C@@]4(C(=O)NC)C[C@H]43)c2)cn1. The molecule has 0 spiro atoms. The second-order valence-electron chi connectivity index (χ2n) is 11.8. The highest BCUT2D eigenvalue weighted by molar-refractivity contribution is 8.16. The molecule has 2 aliphatic rings. The minimum atomic E-state index is -1.51. The average Bonchev–Trinajstić information content (AvgIpc) is 3.72. The zero-order valence-electron chi connectivity index (χ0n) is 25.1. The predicted octanol–water partition coefficient (Wildman–Crippen LogP) is 4.74. The van der Waals surface area contributed by atoms with Crippen molar-refractivity contribution in [1.82, 2.24) is 15.3 Å². The van der Waals surface area contributed by atoms with Crippen molar-refractivity contribution in [3.8, 4) is 18.2 Å². The number of hydrogen-bond donors (Lipinski definition) is 2. The molecule has 1 saturated carbocycles. The molecule has 1 aromatic heterocycles. The number of thioether (sulfide) groups is 1. The fourth-order valence-corrected chi connectivity index (χ4v) is 7.36. The third kappa shape index (κ3) is 7.28. The lowest BCUT2D eigenvalue weighted by Crippen LogP contribution is -2.45. The van der Waals surface area contributed by atoms with E-state index in [1.54, 1.807) is 6.92 Å². The molecule has 4 atom stereocenters. The molecule has 10 nitrogen and oxygen atoms in total. The summed E-state index contributed by atoms with van der Waals surface area (Å²) in [7, 11) is 0.00344. The molecular formula is C30H35F2N5O5SSi. The van der Waals surface area contributed by atoms with E-state index in [1.165, 1.54) is 43.7 Å². The van der Waals surface area contributed by atoms with E-state index in [4.69, 9.17) is 31.4 Å². The molecule has 234 valence electrons. The number of amides is 2. The highest BCUT2D eigenvalue weighted by atomic mass is 32.2. The normalized spacial score (nSPS) is 23.5. The number of halogens is 2. The number of primary amides is 1. The molecule has 0 radical (unpaired) electrons. The molecule has 14 heteroatoms. The lowest BCUT2D eigenvalue weighted by atomic mass is 9.84. The molecule has 2 heterocycles. The van der Waals surface area contributed by atoms with Gasteiger partial charge in [0.2, 0.25) is 11.8 Å². The standard InChI is InChI=1S/C30H35F2N5O5SSi/c1-7-10-40-24-17-35-22(16-36-24)21(32)14-18-8-9-20(31)19(13-18)29(2)23-15-30(23,27(38)34-3)43-25(37-29)26(42-28(33)39)41-11-12-44(4,5)6/h1,8-9,13-14,16-17,23,26H,10-12,15H2,2-6H3,(H2,33,39)(H,34,38)/b21-14-/t23-,26?,29+,30-/m0/s1. The van der Waals surface area contributed by atoms with Gasteiger partial charge in [-0.05, 0) is 43.2 Å². The van der Waals surface area contributed by atoms with Crippen LogP contribution in [0.25, 0.3) is 11.9 Å². The second-order valence-corrected chi connectivity index (χ2v) is 18.8. The van der Waals surface area contributed by atoms with E-state index in [0.717, 1.165) is 17.8 Å². The van der Waals surface area contributed by atoms with Gasteiger partial charge in [0.15, 0.2) is 12.4 Å². The summed E-state index contributed by atoms with van der Waals surface area (Å²) in [6.45, 7) is 8.48. The van der Waals surface area contributed by atoms with Crippen LogP contribution in [0.2, 0.25) is 25.7 Å². The smallest absolute Gasteiger partial charge is 0.407 e. The minimum absolute atomic E-state index is 0.00559. The van der Waals surface area contributed by atoms with E-state index in [9.17, 15) is 9.59 Å². The highest BCUT2D eigenvalue weighted by Crippen LogP contribution is 2.66. The number of ether oxygens (including phenoxy) is 3. The van der Waals surface area contributed by atoms with Gasteiger partial charge in [0.05, 0.1) is 17.9 Å². The topological polar surface area (TPSA) is 138 Å².